The average Bonchev–Trinajstić information content (AvgIpc) is 2.55. The third-order valence-corrected chi connectivity index (χ3v) is 5.57. The van der Waals surface area contributed by atoms with Crippen molar-refractivity contribution in [2.45, 2.75) is 25.8 Å². The van der Waals surface area contributed by atoms with Crippen molar-refractivity contribution in [1.82, 2.24) is 9.71 Å². The first-order valence-electron chi connectivity index (χ1n) is 7.27. The molecular weight excluding hydrogens is 296 g/mol. The number of hydrogen-bond donors (Lipinski definition) is 1. The molecule has 2 aromatic rings. The van der Waals surface area contributed by atoms with E-state index >= 15 is 0 Å². The number of benzene rings is 1. The van der Waals surface area contributed by atoms with Crippen LogP contribution in [-0.4, -0.2) is 13.4 Å². The normalized spacial score (nSPS) is 15.8. The molecule has 1 aromatic carbocycles. The number of pyridine rings is 1. The van der Waals surface area contributed by atoms with Crippen molar-refractivity contribution < 1.29 is 8.42 Å². The fraction of sp³-hybridized carbons (Fsp3) is 0.235. The molecule has 5 heteroatoms. The van der Waals surface area contributed by atoms with Crippen LogP contribution in [0.1, 0.15) is 36.1 Å². The summed E-state index contributed by atoms with van der Waals surface area (Å²) in [6.07, 6.45) is 6.40. The summed E-state index contributed by atoms with van der Waals surface area (Å²) < 4.78 is 27.9. The highest BCUT2D eigenvalue weighted by Gasteiger charge is 2.23. The van der Waals surface area contributed by atoms with Gasteiger partial charge in [-0.3, -0.25) is 4.98 Å². The molecule has 3 rings (SSSR count). The van der Waals surface area contributed by atoms with E-state index in [1.807, 2.05) is 43.3 Å². The molecule has 4 nitrogen and oxygen atoms in total. The number of fused-ring (bicyclic) bond motifs is 1. The SMILES string of the molecule is C[C@H](NS(=O)(=O)C1=Cc2ccccc2CC1)c1ccncc1. The molecule has 1 heterocycles. The van der Waals surface area contributed by atoms with Crippen molar-refractivity contribution >= 4 is 16.1 Å². The van der Waals surface area contributed by atoms with E-state index in [-0.39, 0.29) is 6.04 Å². The monoisotopic (exact) mass is 314 g/mol. The van der Waals surface area contributed by atoms with E-state index in [0.29, 0.717) is 11.3 Å². The van der Waals surface area contributed by atoms with Crippen molar-refractivity contribution in [2.75, 3.05) is 0 Å². The summed E-state index contributed by atoms with van der Waals surface area (Å²) in [5.74, 6) is 0. The molecule has 1 N–H and O–H groups in total. The first-order chi connectivity index (χ1) is 10.6. The minimum absolute atomic E-state index is 0.286. The summed E-state index contributed by atoms with van der Waals surface area (Å²) in [7, 11) is -3.48. The Balaban J connectivity index is 1.84. The van der Waals surface area contributed by atoms with Gasteiger partial charge in [0.05, 0.1) is 4.91 Å². The lowest BCUT2D eigenvalue weighted by molar-refractivity contribution is 0.571. The van der Waals surface area contributed by atoms with Gasteiger partial charge < -0.3 is 0 Å². The molecule has 1 aromatic heterocycles. The van der Waals surface area contributed by atoms with Crippen LogP contribution in [0.25, 0.3) is 6.08 Å². The maximum Gasteiger partial charge on any atom is 0.237 e. The standard InChI is InChI=1S/C17H18N2O2S/c1-13(14-8-10-18-11-9-14)19-22(20,21)17-7-6-15-4-2-3-5-16(15)12-17/h2-5,8-13,19H,6-7H2,1H3/t13-/m0/s1. The third kappa shape index (κ3) is 3.10. The van der Waals surface area contributed by atoms with Crippen LogP contribution in [0, 0.1) is 0 Å². The van der Waals surface area contributed by atoms with Crippen molar-refractivity contribution in [3.05, 3.63) is 70.4 Å². The van der Waals surface area contributed by atoms with Gasteiger partial charge in [-0.2, -0.15) is 0 Å². The van der Waals surface area contributed by atoms with Crippen LogP contribution in [0.4, 0.5) is 0 Å². The lowest BCUT2D eigenvalue weighted by Gasteiger charge is -2.20. The Morgan fingerprint density at radius 1 is 1.09 bits per heavy atom. The number of aromatic nitrogens is 1. The predicted molar refractivity (Wildman–Crippen MR) is 87.4 cm³/mol. The van der Waals surface area contributed by atoms with Crippen LogP contribution in [0.15, 0.2) is 53.7 Å². The van der Waals surface area contributed by atoms with Crippen molar-refractivity contribution in [3.63, 3.8) is 0 Å². The lowest BCUT2D eigenvalue weighted by atomic mass is 9.98. The Labute approximate surface area is 131 Å². The van der Waals surface area contributed by atoms with Gasteiger partial charge >= 0.3 is 0 Å². The molecule has 0 fully saturated rings. The van der Waals surface area contributed by atoms with Gasteiger partial charge in [0.15, 0.2) is 0 Å². The maximum absolute atomic E-state index is 12.6. The quantitative estimate of drug-likeness (QED) is 0.943. The van der Waals surface area contributed by atoms with Crippen LogP contribution in [0.3, 0.4) is 0 Å². The van der Waals surface area contributed by atoms with Gasteiger partial charge in [-0.1, -0.05) is 24.3 Å². The number of aryl methyl sites for hydroxylation is 1. The average molecular weight is 314 g/mol. The summed E-state index contributed by atoms with van der Waals surface area (Å²) in [4.78, 5) is 4.40. The second-order valence-corrected chi connectivity index (χ2v) is 7.20. The molecular formula is C17H18N2O2S. The Hall–Kier alpha value is -1.98. The van der Waals surface area contributed by atoms with E-state index in [1.165, 1.54) is 5.56 Å². The van der Waals surface area contributed by atoms with Crippen LogP contribution in [0.5, 0.6) is 0 Å². The summed E-state index contributed by atoms with van der Waals surface area (Å²) >= 11 is 0. The topological polar surface area (TPSA) is 59.1 Å². The molecule has 0 bridgehead atoms. The minimum Gasteiger partial charge on any atom is -0.265 e. The van der Waals surface area contributed by atoms with Gasteiger partial charge in [-0.25, -0.2) is 13.1 Å². The zero-order chi connectivity index (χ0) is 15.6. The number of hydrogen-bond acceptors (Lipinski definition) is 3. The van der Waals surface area contributed by atoms with Crippen LogP contribution in [0.2, 0.25) is 0 Å². The molecule has 0 radical (unpaired) electrons. The maximum atomic E-state index is 12.6. The van der Waals surface area contributed by atoms with Gasteiger partial charge in [0.25, 0.3) is 0 Å². The fourth-order valence-corrected chi connectivity index (χ4v) is 4.05. The van der Waals surface area contributed by atoms with Gasteiger partial charge in [0.2, 0.25) is 10.0 Å². The molecule has 0 saturated carbocycles. The highest BCUT2D eigenvalue weighted by Crippen LogP contribution is 2.27. The van der Waals surface area contributed by atoms with Crippen molar-refractivity contribution in [1.29, 1.82) is 0 Å². The first kappa shape index (κ1) is 14.9. The van der Waals surface area contributed by atoms with E-state index in [1.54, 1.807) is 18.5 Å². The highest BCUT2D eigenvalue weighted by molar-refractivity contribution is 7.93. The Kier molecular flexibility index (Phi) is 4.09. The molecule has 1 atom stereocenters. The van der Waals surface area contributed by atoms with E-state index in [4.69, 9.17) is 0 Å². The molecule has 0 amide bonds. The highest BCUT2D eigenvalue weighted by atomic mass is 32.2. The van der Waals surface area contributed by atoms with E-state index < -0.39 is 10.0 Å². The van der Waals surface area contributed by atoms with Crippen LogP contribution in [-0.2, 0) is 16.4 Å². The molecule has 0 unspecified atom stereocenters. The van der Waals surface area contributed by atoms with E-state index in [9.17, 15) is 8.42 Å². The predicted octanol–water partition coefficient (Wildman–Crippen LogP) is 3.05. The molecule has 22 heavy (non-hydrogen) atoms. The van der Waals surface area contributed by atoms with Crippen LogP contribution < -0.4 is 4.72 Å². The summed E-state index contributed by atoms with van der Waals surface area (Å²) in [5, 5.41) is 0. The largest absolute Gasteiger partial charge is 0.265 e. The molecule has 1 aliphatic carbocycles. The summed E-state index contributed by atoms with van der Waals surface area (Å²) in [6.45, 7) is 1.84. The third-order valence-electron chi connectivity index (χ3n) is 3.90. The van der Waals surface area contributed by atoms with Crippen molar-refractivity contribution in [3.8, 4) is 0 Å². The Bertz CT molecular complexity index is 798. The second-order valence-electron chi connectivity index (χ2n) is 5.43. The first-order valence-corrected chi connectivity index (χ1v) is 8.75. The second kappa shape index (κ2) is 6.02. The smallest absolute Gasteiger partial charge is 0.237 e. The van der Waals surface area contributed by atoms with E-state index in [0.717, 1.165) is 17.5 Å². The Morgan fingerprint density at radius 3 is 2.59 bits per heavy atom. The van der Waals surface area contributed by atoms with Gasteiger partial charge in [-0.05, 0) is 54.7 Å². The number of nitrogens with one attached hydrogen (secondary N) is 1. The Morgan fingerprint density at radius 2 is 1.82 bits per heavy atom. The zero-order valence-electron chi connectivity index (χ0n) is 12.4. The molecule has 0 saturated heterocycles. The van der Waals surface area contributed by atoms with Gasteiger partial charge in [0, 0.05) is 18.4 Å². The van der Waals surface area contributed by atoms with Gasteiger partial charge in [0.1, 0.15) is 0 Å². The van der Waals surface area contributed by atoms with Gasteiger partial charge in [-0.15, -0.1) is 0 Å². The summed E-state index contributed by atoms with van der Waals surface area (Å²) in [5.41, 5.74) is 3.09. The number of rotatable bonds is 4. The van der Waals surface area contributed by atoms with E-state index in [2.05, 4.69) is 9.71 Å². The summed E-state index contributed by atoms with van der Waals surface area (Å²) in [6, 6.07) is 11.3. The zero-order valence-corrected chi connectivity index (χ0v) is 13.2. The molecule has 0 aliphatic heterocycles. The minimum atomic E-state index is -3.48. The lowest BCUT2D eigenvalue weighted by Crippen LogP contribution is -2.28. The van der Waals surface area contributed by atoms with Crippen molar-refractivity contribution in [2.24, 2.45) is 0 Å². The number of nitrogens with zero attached hydrogens (tertiary/aromatic N) is 1. The number of allylic oxidation sites excluding steroid dienone is 1. The van der Waals surface area contributed by atoms with Crippen LogP contribution >= 0.6 is 0 Å². The molecule has 1 aliphatic rings. The number of sulfonamides is 1. The molecule has 114 valence electrons. The fourth-order valence-electron chi connectivity index (χ4n) is 2.65. The molecule has 0 spiro atoms.